The predicted molar refractivity (Wildman–Crippen MR) is 70.5 cm³/mol. The van der Waals surface area contributed by atoms with Crippen molar-refractivity contribution >= 4 is 10.8 Å². The van der Waals surface area contributed by atoms with Crippen molar-refractivity contribution in [1.29, 1.82) is 0 Å². The summed E-state index contributed by atoms with van der Waals surface area (Å²) < 4.78 is 5.83. The zero-order valence-electron chi connectivity index (χ0n) is 9.86. The Morgan fingerprint density at radius 2 is 1.88 bits per heavy atom. The molecule has 0 unspecified atom stereocenters. The molecule has 2 aromatic carbocycles. The molecule has 0 saturated heterocycles. The third-order valence-electron chi connectivity index (χ3n) is 3.12. The van der Waals surface area contributed by atoms with Crippen LogP contribution in [0, 0.1) is 0 Å². The lowest BCUT2D eigenvalue weighted by atomic mass is 10.1. The molecule has 1 saturated carbocycles. The van der Waals surface area contributed by atoms with Crippen LogP contribution in [-0.4, -0.2) is 19.2 Å². The van der Waals surface area contributed by atoms with Crippen LogP contribution < -0.4 is 10.1 Å². The second-order valence-electron chi connectivity index (χ2n) is 4.55. The van der Waals surface area contributed by atoms with E-state index in [9.17, 15) is 0 Å². The first-order valence-corrected chi connectivity index (χ1v) is 6.27. The van der Waals surface area contributed by atoms with Gasteiger partial charge >= 0.3 is 0 Å². The zero-order valence-corrected chi connectivity index (χ0v) is 9.86. The van der Waals surface area contributed by atoms with Crippen molar-refractivity contribution in [3.63, 3.8) is 0 Å². The van der Waals surface area contributed by atoms with Crippen molar-refractivity contribution in [3.05, 3.63) is 42.5 Å². The summed E-state index contributed by atoms with van der Waals surface area (Å²) in [4.78, 5) is 0. The number of rotatable bonds is 5. The molecule has 2 heteroatoms. The first kappa shape index (κ1) is 10.6. The lowest BCUT2D eigenvalue weighted by Crippen LogP contribution is -2.22. The van der Waals surface area contributed by atoms with Crippen LogP contribution in [0.5, 0.6) is 5.75 Å². The number of hydrogen-bond acceptors (Lipinski definition) is 2. The Bertz CT molecular complexity index is 500. The number of ether oxygens (including phenoxy) is 1. The number of nitrogens with one attached hydrogen (secondary N) is 1. The Kier molecular flexibility index (Phi) is 2.97. The molecule has 0 atom stereocenters. The van der Waals surface area contributed by atoms with Gasteiger partial charge in [0, 0.05) is 18.0 Å². The van der Waals surface area contributed by atoms with E-state index in [1.807, 2.05) is 12.1 Å². The van der Waals surface area contributed by atoms with Crippen LogP contribution in [0.15, 0.2) is 42.5 Å². The Morgan fingerprint density at radius 1 is 1.06 bits per heavy atom. The minimum Gasteiger partial charge on any atom is -0.492 e. The minimum absolute atomic E-state index is 0.741. The highest BCUT2D eigenvalue weighted by atomic mass is 16.5. The van der Waals surface area contributed by atoms with Crippen molar-refractivity contribution in [1.82, 2.24) is 5.32 Å². The molecule has 88 valence electrons. The molecule has 0 amide bonds. The third-order valence-corrected chi connectivity index (χ3v) is 3.12. The molecule has 0 heterocycles. The summed E-state index contributed by atoms with van der Waals surface area (Å²) in [6.45, 7) is 1.68. The van der Waals surface area contributed by atoms with Crippen LogP contribution in [0.2, 0.25) is 0 Å². The first-order valence-electron chi connectivity index (χ1n) is 6.27. The largest absolute Gasteiger partial charge is 0.492 e. The summed E-state index contributed by atoms with van der Waals surface area (Å²) in [6, 6.07) is 15.3. The summed E-state index contributed by atoms with van der Waals surface area (Å²) in [5, 5.41) is 5.88. The zero-order chi connectivity index (χ0) is 11.5. The van der Waals surface area contributed by atoms with Gasteiger partial charge in [0.25, 0.3) is 0 Å². The highest BCUT2D eigenvalue weighted by Gasteiger charge is 2.19. The smallest absolute Gasteiger partial charge is 0.127 e. The van der Waals surface area contributed by atoms with Crippen molar-refractivity contribution < 1.29 is 4.74 Å². The molecular weight excluding hydrogens is 210 g/mol. The van der Waals surface area contributed by atoms with Crippen LogP contribution >= 0.6 is 0 Å². The molecule has 1 aliphatic rings. The molecule has 0 radical (unpaired) electrons. The molecule has 0 aliphatic heterocycles. The molecule has 3 rings (SSSR count). The molecule has 17 heavy (non-hydrogen) atoms. The number of fused-ring (bicyclic) bond motifs is 1. The van der Waals surface area contributed by atoms with Crippen molar-refractivity contribution in [2.45, 2.75) is 18.9 Å². The van der Waals surface area contributed by atoms with Gasteiger partial charge in [0.05, 0.1) is 0 Å². The van der Waals surface area contributed by atoms with E-state index in [1.54, 1.807) is 0 Å². The van der Waals surface area contributed by atoms with Crippen molar-refractivity contribution in [2.75, 3.05) is 13.2 Å². The maximum absolute atomic E-state index is 5.83. The monoisotopic (exact) mass is 227 g/mol. The van der Waals surface area contributed by atoms with E-state index in [1.165, 1.54) is 23.6 Å². The predicted octanol–water partition coefficient (Wildman–Crippen LogP) is 2.97. The SMILES string of the molecule is c1ccc2c(OCCNC3CC3)cccc2c1. The van der Waals surface area contributed by atoms with Gasteiger partial charge in [0.15, 0.2) is 0 Å². The van der Waals surface area contributed by atoms with E-state index in [0.29, 0.717) is 0 Å². The number of hydrogen-bond donors (Lipinski definition) is 1. The van der Waals surface area contributed by atoms with Crippen LogP contribution in [0.3, 0.4) is 0 Å². The van der Waals surface area contributed by atoms with Crippen LogP contribution in [-0.2, 0) is 0 Å². The Morgan fingerprint density at radius 3 is 2.76 bits per heavy atom. The molecular formula is C15H17NO. The van der Waals surface area contributed by atoms with Gasteiger partial charge in [0.1, 0.15) is 12.4 Å². The Hall–Kier alpha value is -1.54. The summed E-state index contributed by atoms with van der Waals surface area (Å²) in [5.41, 5.74) is 0. The maximum Gasteiger partial charge on any atom is 0.127 e. The van der Waals surface area contributed by atoms with Crippen LogP contribution in [0.4, 0.5) is 0 Å². The van der Waals surface area contributed by atoms with Crippen LogP contribution in [0.25, 0.3) is 10.8 Å². The summed E-state index contributed by atoms with van der Waals surface area (Å²) in [7, 11) is 0. The lowest BCUT2D eigenvalue weighted by molar-refractivity contribution is 0.317. The molecule has 2 aromatic rings. The summed E-state index contributed by atoms with van der Waals surface area (Å²) in [6.07, 6.45) is 2.66. The molecule has 0 aromatic heterocycles. The average molecular weight is 227 g/mol. The molecule has 1 fully saturated rings. The summed E-state index contributed by atoms with van der Waals surface area (Å²) in [5.74, 6) is 0.987. The standard InChI is InChI=1S/C15H17NO/c1-2-6-14-12(4-1)5-3-7-15(14)17-11-10-16-13-8-9-13/h1-7,13,16H,8-11H2. The fraction of sp³-hybridized carbons (Fsp3) is 0.333. The van der Waals surface area contributed by atoms with Gasteiger partial charge in [-0.05, 0) is 24.3 Å². The van der Waals surface area contributed by atoms with E-state index in [0.717, 1.165) is 24.9 Å². The second-order valence-corrected chi connectivity index (χ2v) is 4.55. The van der Waals surface area contributed by atoms with Gasteiger partial charge in [-0.1, -0.05) is 36.4 Å². The minimum atomic E-state index is 0.741. The van der Waals surface area contributed by atoms with Gasteiger partial charge in [-0.2, -0.15) is 0 Å². The lowest BCUT2D eigenvalue weighted by Gasteiger charge is -2.09. The molecule has 0 bridgehead atoms. The summed E-state index contributed by atoms with van der Waals surface area (Å²) >= 11 is 0. The first-order chi connectivity index (χ1) is 8.43. The fourth-order valence-electron chi connectivity index (χ4n) is 2.03. The topological polar surface area (TPSA) is 21.3 Å². The van der Waals surface area contributed by atoms with Gasteiger partial charge in [-0.3, -0.25) is 0 Å². The maximum atomic E-state index is 5.83. The van der Waals surface area contributed by atoms with Crippen molar-refractivity contribution in [3.8, 4) is 5.75 Å². The van der Waals surface area contributed by atoms with E-state index < -0.39 is 0 Å². The Labute approximate surface area is 102 Å². The average Bonchev–Trinajstić information content (AvgIpc) is 3.19. The molecule has 1 N–H and O–H groups in total. The van der Waals surface area contributed by atoms with E-state index in [-0.39, 0.29) is 0 Å². The second kappa shape index (κ2) is 4.76. The fourth-order valence-corrected chi connectivity index (χ4v) is 2.03. The van der Waals surface area contributed by atoms with E-state index in [4.69, 9.17) is 4.74 Å². The van der Waals surface area contributed by atoms with Crippen LogP contribution in [0.1, 0.15) is 12.8 Å². The van der Waals surface area contributed by atoms with Crippen molar-refractivity contribution in [2.24, 2.45) is 0 Å². The highest BCUT2D eigenvalue weighted by Crippen LogP contribution is 2.25. The van der Waals surface area contributed by atoms with E-state index in [2.05, 4.69) is 35.6 Å². The molecule has 1 aliphatic carbocycles. The quantitative estimate of drug-likeness (QED) is 0.793. The number of benzene rings is 2. The Balaban J connectivity index is 1.66. The van der Waals surface area contributed by atoms with Gasteiger partial charge in [-0.25, -0.2) is 0 Å². The highest BCUT2D eigenvalue weighted by molar-refractivity contribution is 5.88. The van der Waals surface area contributed by atoms with Gasteiger partial charge in [-0.15, -0.1) is 0 Å². The van der Waals surface area contributed by atoms with E-state index >= 15 is 0 Å². The van der Waals surface area contributed by atoms with Gasteiger partial charge in [0.2, 0.25) is 0 Å². The molecule has 2 nitrogen and oxygen atoms in total. The third kappa shape index (κ3) is 2.59. The van der Waals surface area contributed by atoms with Gasteiger partial charge < -0.3 is 10.1 Å². The molecule has 0 spiro atoms. The normalized spacial score (nSPS) is 15.1.